The van der Waals surface area contributed by atoms with Crippen LogP contribution in [0.5, 0.6) is 22.4 Å². The van der Waals surface area contributed by atoms with Gasteiger partial charge in [0.25, 0.3) is 5.19 Å². The number of carbonyl (C=O) groups excluding carboxylic acids is 2. The molecular weight excluding hydrogens is 346 g/mol. The fourth-order valence-corrected chi connectivity index (χ4v) is 2.86. The van der Waals surface area contributed by atoms with Crippen LogP contribution in [0.2, 0.25) is 0 Å². The minimum absolute atomic E-state index is 0.0529. The van der Waals surface area contributed by atoms with Crippen molar-refractivity contribution in [1.29, 1.82) is 0 Å². The van der Waals surface area contributed by atoms with Crippen molar-refractivity contribution < 1.29 is 28.5 Å². The number of aromatic nitrogens is 1. The number of nitrogens with zero attached hydrogens (tertiary/aromatic N) is 1. The molecule has 0 aliphatic rings. The Labute approximate surface area is 149 Å². The molecule has 8 heteroatoms. The van der Waals surface area contributed by atoms with Gasteiger partial charge in [0, 0.05) is 23.8 Å². The van der Waals surface area contributed by atoms with E-state index in [1.54, 1.807) is 17.5 Å². The van der Waals surface area contributed by atoms with Gasteiger partial charge in [0.05, 0.1) is 28.4 Å². The summed E-state index contributed by atoms with van der Waals surface area (Å²) in [6.45, 7) is 0. The number of methoxy groups -OCH3 is 4. The predicted molar refractivity (Wildman–Crippen MR) is 92.7 cm³/mol. The topological polar surface area (TPSA) is 84.0 Å². The highest BCUT2D eigenvalue weighted by Crippen LogP contribution is 2.38. The lowest BCUT2D eigenvalue weighted by Gasteiger charge is -2.13. The molecule has 0 spiro atoms. The van der Waals surface area contributed by atoms with Gasteiger partial charge in [-0.2, -0.15) is 4.98 Å². The number of thiazole rings is 1. The van der Waals surface area contributed by atoms with Crippen LogP contribution >= 0.6 is 11.3 Å². The Morgan fingerprint density at radius 1 is 0.920 bits per heavy atom. The zero-order chi connectivity index (χ0) is 18.4. The standard InChI is InChI=1S/C17H19NO6S/c1-21-14-7-10(8-15(22-2)16(14)23-3)12(19)5-6-13(20)11-9-25-17(18-11)24-4/h7-9H,5-6H2,1-4H3. The molecule has 7 nitrogen and oxygen atoms in total. The minimum Gasteiger partial charge on any atom is -0.493 e. The van der Waals surface area contributed by atoms with Crippen LogP contribution in [0.3, 0.4) is 0 Å². The number of Topliss-reactive ketones (excluding diaryl/α,β-unsaturated/α-hetero) is 2. The Morgan fingerprint density at radius 3 is 2.00 bits per heavy atom. The molecule has 0 fully saturated rings. The number of hydrogen-bond acceptors (Lipinski definition) is 8. The molecule has 0 amide bonds. The summed E-state index contributed by atoms with van der Waals surface area (Å²) in [5, 5.41) is 2.03. The van der Waals surface area contributed by atoms with E-state index in [2.05, 4.69) is 4.98 Å². The molecule has 1 aromatic carbocycles. The van der Waals surface area contributed by atoms with Crippen molar-refractivity contribution in [2.45, 2.75) is 12.8 Å². The van der Waals surface area contributed by atoms with Gasteiger partial charge in [0.1, 0.15) is 5.69 Å². The molecule has 0 N–H and O–H groups in total. The Bertz CT molecular complexity index is 745. The maximum absolute atomic E-state index is 12.4. The average Bonchev–Trinajstić information content (AvgIpc) is 3.13. The summed E-state index contributed by atoms with van der Waals surface area (Å²) in [6.07, 6.45) is 0.111. The van der Waals surface area contributed by atoms with Gasteiger partial charge in [-0.3, -0.25) is 9.59 Å². The second-order valence-electron chi connectivity index (χ2n) is 4.96. The van der Waals surface area contributed by atoms with E-state index in [0.29, 0.717) is 33.7 Å². The average molecular weight is 365 g/mol. The molecule has 2 aromatic rings. The monoisotopic (exact) mass is 365 g/mol. The van der Waals surface area contributed by atoms with Crippen LogP contribution in [0, 0.1) is 0 Å². The zero-order valence-corrected chi connectivity index (χ0v) is 15.3. The van der Waals surface area contributed by atoms with E-state index < -0.39 is 0 Å². The first-order chi connectivity index (χ1) is 12.0. The molecule has 1 aromatic heterocycles. The van der Waals surface area contributed by atoms with Crippen LogP contribution in [0.25, 0.3) is 0 Å². The predicted octanol–water partition coefficient (Wildman–Crippen LogP) is 3.02. The molecule has 0 atom stereocenters. The van der Waals surface area contributed by atoms with Crippen molar-refractivity contribution in [2.24, 2.45) is 0 Å². The summed E-state index contributed by atoms with van der Waals surface area (Å²) >= 11 is 1.24. The van der Waals surface area contributed by atoms with Crippen molar-refractivity contribution in [1.82, 2.24) is 4.98 Å². The number of benzene rings is 1. The third-order valence-corrected chi connectivity index (χ3v) is 4.31. The van der Waals surface area contributed by atoms with Crippen LogP contribution in [0.4, 0.5) is 0 Å². The fraction of sp³-hybridized carbons (Fsp3) is 0.353. The lowest BCUT2D eigenvalue weighted by molar-refractivity contribution is 0.0914. The first kappa shape index (κ1) is 18.7. The molecular formula is C17H19NO6S. The first-order valence-electron chi connectivity index (χ1n) is 7.40. The molecule has 0 unspecified atom stereocenters. The molecule has 0 radical (unpaired) electrons. The second kappa shape index (κ2) is 8.48. The van der Waals surface area contributed by atoms with Crippen LogP contribution in [-0.2, 0) is 0 Å². The molecule has 134 valence electrons. The van der Waals surface area contributed by atoms with Crippen LogP contribution < -0.4 is 18.9 Å². The van der Waals surface area contributed by atoms with Gasteiger partial charge in [-0.15, -0.1) is 0 Å². The van der Waals surface area contributed by atoms with Gasteiger partial charge in [0.15, 0.2) is 23.1 Å². The molecule has 0 saturated heterocycles. The van der Waals surface area contributed by atoms with Crippen LogP contribution in [0.1, 0.15) is 33.7 Å². The summed E-state index contributed by atoms with van der Waals surface area (Å²) in [7, 11) is 5.93. The summed E-state index contributed by atoms with van der Waals surface area (Å²) < 4.78 is 20.7. The molecule has 0 saturated carbocycles. The third kappa shape index (κ3) is 4.27. The van der Waals surface area contributed by atoms with Crippen LogP contribution in [0.15, 0.2) is 17.5 Å². The molecule has 0 aliphatic carbocycles. The molecule has 1 heterocycles. The maximum atomic E-state index is 12.4. The Kier molecular flexibility index (Phi) is 6.35. The summed E-state index contributed by atoms with van der Waals surface area (Å²) in [6, 6.07) is 3.14. The summed E-state index contributed by atoms with van der Waals surface area (Å²) in [4.78, 5) is 28.6. The van der Waals surface area contributed by atoms with E-state index in [0.717, 1.165) is 0 Å². The molecule has 0 aliphatic heterocycles. The van der Waals surface area contributed by atoms with Crippen molar-refractivity contribution in [2.75, 3.05) is 28.4 Å². The summed E-state index contributed by atoms with van der Waals surface area (Å²) in [5.41, 5.74) is 0.692. The van der Waals surface area contributed by atoms with Gasteiger partial charge in [0.2, 0.25) is 5.75 Å². The first-order valence-corrected chi connectivity index (χ1v) is 8.27. The molecule has 2 rings (SSSR count). The second-order valence-corrected chi connectivity index (χ2v) is 5.78. The normalized spacial score (nSPS) is 10.2. The number of ether oxygens (including phenoxy) is 4. The SMILES string of the molecule is COc1nc(C(=O)CCC(=O)c2cc(OC)c(OC)c(OC)c2)cs1. The number of ketones is 2. The van der Waals surface area contributed by atoms with Gasteiger partial charge in [-0.05, 0) is 12.1 Å². The highest BCUT2D eigenvalue weighted by atomic mass is 32.1. The van der Waals surface area contributed by atoms with E-state index in [1.165, 1.54) is 39.8 Å². The van der Waals surface area contributed by atoms with E-state index >= 15 is 0 Å². The van der Waals surface area contributed by atoms with Gasteiger partial charge in [-0.1, -0.05) is 11.3 Å². The van der Waals surface area contributed by atoms with Crippen molar-refractivity contribution in [3.63, 3.8) is 0 Å². The van der Waals surface area contributed by atoms with Gasteiger partial charge < -0.3 is 18.9 Å². The van der Waals surface area contributed by atoms with E-state index in [9.17, 15) is 9.59 Å². The fourth-order valence-electron chi connectivity index (χ4n) is 2.22. The molecule has 0 bridgehead atoms. The van der Waals surface area contributed by atoms with Crippen molar-refractivity contribution >= 4 is 22.9 Å². The van der Waals surface area contributed by atoms with Crippen molar-refractivity contribution in [3.8, 4) is 22.4 Å². The smallest absolute Gasteiger partial charge is 0.273 e. The maximum Gasteiger partial charge on any atom is 0.273 e. The molecule has 25 heavy (non-hydrogen) atoms. The highest BCUT2D eigenvalue weighted by molar-refractivity contribution is 7.11. The Balaban J connectivity index is 2.11. The lowest BCUT2D eigenvalue weighted by atomic mass is 10.0. The lowest BCUT2D eigenvalue weighted by Crippen LogP contribution is -2.07. The number of hydrogen-bond donors (Lipinski definition) is 0. The summed E-state index contributed by atoms with van der Waals surface area (Å²) in [5.74, 6) is 0.781. The quantitative estimate of drug-likeness (QED) is 0.632. The van der Waals surface area contributed by atoms with Crippen LogP contribution in [-0.4, -0.2) is 45.0 Å². The zero-order valence-electron chi connectivity index (χ0n) is 14.5. The minimum atomic E-state index is -0.208. The van der Waals surface area contributed by atoms with E-state index in [1.807, 2.05) is 0 Å². The van der Waals surface area contributed by atoms with Crippen molar-refractivity contribution in [3.05, 3.63) is 28.8 Å². The van der Waals surface area contributed by atoms with Gasteiger partial charge >= 0.3 is 0 Å². The van der Waals surface area contributed by atoms with Gasteiger partial charge in [-0.25, -0.2) is 0 Å². The highest BCUT2D eigenvalue weighted by Gasteiger charge is 2.19. The number of rotatable bonds is 9. The third-order valence-electron chi connectivity index (χ3n) is 3.51. The van der Waals surface area contributed by atoms with E-state index in [4.69, 9.17) is 18.9 Å². The number of carbonyl (C=O) groups is 2. The van der Waals surface area contributed by atoms with E-state index in [-0.39, 0.29) is 24.4 Å². The largest absolute Gasteiger partial charge is 0.493 e. The Morgan fingerprint density at radius 2 is 1.52 bits per heavy atom. The Hall–Kier alpha value is -2.61.